The molecule has 0 amide bonds. The van der Waals surface area contributed by atoms with E-state index in [9.17, 15) is 24.9 Å². The topological polar surface area (TPSA) is 126 Å². The van der Waals surface area contributed by atoms with Gasteiger partial charge in [-0.05, 0) is 65.4 Å². The SMILES string of the molecule is CC/C=C\C/C=C\C/C=C\CCCCCCCC(=O)Oc1c(C(/C=C\C(C)O)=C/CO)oc2cc(OC(C)C)cc(O)c2c1=O. The van der Waals surface area contributed by atoms with Crippen LogP contribution >= 0.6 is 0 Å². The zero-order valence-electron chi connectivity index (χ0n) is 27.2. The molecule has 3 N–H and O–H groups in total. The molecule has 0 saturated heterocycles. The third-order valence-corrected chi connectivity index (χ3v) is 6.65. The Balaban J connectivity index is 2.06. The third-order valence-electron chi connectivity index (χ3n) is 6.65. The minimum atomic E-state index is -0.823. The lowest BCUT2D eigenvalue weighted by Crippen LogP contribution is -2.17. The van der Waals surface area contributed by atoms with Gasteiger partial charge in [-0.25, -0.2) is 0 Å². The van der Waals surface area contributed by atoms with E-state index in [2.05, 4.69) is 43.4 Å². The molecule has 0 fully saturated rings. The van der Waals surface area contributed by atoms with Crippen LogP contribution in [0.5, 0.6) is 17.2 Å². The minimum absolute atomic E-state index is 0.0193. The maximum absolute atomic E-state index is 13.6. The van der Waals surface area contributed by atoms with E-state index in [1.165, 1.54) is 30.4 Å². The maximum atomic E-state index is 13.6. The van der Waals surface area contributed by atoms with Gasteiger partial charge in [0.1, 0.15) is 22.5 Å². The highest BCUT2D eigenvalue weighted by Crippen LogP contribution is 2.35. The first-order valence-corrected chi connectivity index (χ1v) is 16.0. The predicted octanol–water partition coefficient (Wildman–Crippen LogP) is 8.09. The zero-order valence-corrected chi connectivity index (χ0v) is 27.2. The van der Waals surface area contributed by atoms with Crippen molar-refractivity contribution >= 4 is 22.5 Å². The molecule has 1 aromatic heterocycles. The molecule has 246 valence electrons. The van der Waals surface area contributed by atoms with Crippen molar-refractivity contribution < 1.29 is 34.0 Å². The fourth-order valence-electron chi connectivity index (χ4n) is 4.51. The molecule has 1 heterocycles. The highest BCUT2D eigenvalue weighted by Gasteiger charge is 2.23. The molecule has 8 heteroatoms. The number of carbonyl (C=O) groups is 1. The monoisotopic (exact) mass is 622 g/mol. The number of esters is 1. The van der Waals surface area contributed by atoms with Gasteiger partial charge in [-0.3, -0.25) is 9.59 Å². The van der Waals surface area contributed by atoms with Crippen LogP contribution < -0.4 is 14.9 Å². The van der Waals surface area contributed by atoms with Crippen molar-refractivity contribution in [3.8, 4) is 17.2 Å². The Morgan fingerprint density at radius 3 is 2.29 bits per heavy atom. The lowest BCUT2D eigenvalue weighted by Gasteiger charge is -2.14. The van der Waals surface area contributed by atoms with E-state index in [4.69, 9.17) is 13.9 Å². The number of hydrogen-bond acceptors (Lipinski definition) is 8. The lowest BCUT2D eigenvalue weighted by molar-refractivity contribution is -0.134. The van der Waals surface area contributed by atoms with E-state index < -0.39 is 29.9 Å². The number of allylic oxidation sites excluding steroid dienone is 8. The van der Waals surface area contributed by atoms with Gasteiger partial charge in [0.25, 0.3) is 0 Å². The molecule has 45 heavy (non-hydrogen) atoms. The molecule has 0 saturated carbocycles. The number of fused-ring (bicyclic) bond motifs is 1. The van der Waals surface area contributed by atoms with Crippen LogP contribution in [-0.4, -0.2) is 40.1 Å². The Hall–Kier alpha value is -3.88. The van der Waals surface area contributed by atoms with Crippen LogP contribution in [0.3, 0.4) is 0 Å². The van der Waals surface area contributed by atoms with Crippen molar-refractivity contribution in [2.45, 2.75) is 104 Å². The van der Waals surface area contributed by atoms with E-state index in [0.717, 1.165) is 51.4 Å². The largest absolute Gasteiger partial charge is 0.507 e. The molecule has 0 spiro atoms. The van der Waals surface area contributed by atoms with Crippen molar-refractivity contribution in [2.24, 2.45) is 0 Å². The van der Waals surface area contributed by atoms with Crippen LogP contribution in [0.25, 0.3) is 16.5 Å². The third kappa shape index (κ3) is 13.7. The fourth-order valence-corrected chi connectivity index (χ4v) is 4.51. The second-order valence-corrected chi connectivity index (χ2v) is 11.1. The minimum Gasteiger partial charge on any atom is -0.507 e. The predicted molar refractivity (Wildman–Crippen MR) is 181 cm³/mol. The van der Waals surface area contributed by atoms with Crippen molar-refractivity contribution in [3.05, 3.63) is 82.8 Å². The van der Waals surface area contributed by atoms with Gasteiger partial charge in [0, 0.05) is 24.1 Å². The normalized spacial score (nSPS) is 13.4. The second kappa shape index (κ2) is 21.0. The van der Waals surface area contributed by atoms with Gasteiger partial charge >= 0.3 is 5.97 Å². The molecule has 1 atom stereocenters. The first kappa shape index (κ1) is 37.3. The Kier molecular flexibility index (Phi) is 17.4. The molecule has 1 unspecified atom stereocenters. The number of aliphatic hydroxyl groups is 2. The summed E-state index contributed by atoms with van der Waals surface area (Å²) in [4.78, 5) is 26.4. The number of hydrogen-bond donors (Lipinski definition) is 3. The number of phenolic OH excluding ortho intramolecular Hbond substituents is 1. The van der Waals surface area contributed by atoms with Crippen LogP contribution in [0, 0.1) is 0 Å². The Morgan fingerprint density at radius 2 is 1.62 bits per heavy atom. The van der Waals surface area contributed by atoms with E-state index in [0.29, 0.717) is 12.2 Å². The standard InChI is InChI=1S/C37H50O8/c1-5-6-7-8-9-10-11-12-13-14-15-16-17-18-19-20-33(41)45-37-35(42)34-31(40)25-30(43-27(2)3)26-32(34)44-36(37)29(23-24-38)22-21-28(4)39/h6-7,9-10,12-13,21-23,25-28,38-40H,5,8,11,14-20,24H2,1-4H3/b7-6-,10-9-,13-12-,22-21-,29-23+. The van der Waals surface area contributed by atoms with Crippen LogP contribution in [0.2, 0.25) is 0 Å². The zero-order chi connectivity index (χ0) is 33.0. The molecule has 2 aromatic rings. The number of phenols is 1. The number of rotatable bonds is 20. The molecule has 8 nitrogen and oxygen atoms in total. The van der Waals surface area contributed by atoms with Crippen LogP contribution in [-0.2, 0) is 4.79 Å². The van der Waals surface area contributed by atoms with Gasteiger partial charge in [-0.2, -0.15) is 0 Å². The number of aromatic hydroxyl groups is 1. The van der Waals surface area contributed by atoms with E-state index in [1.807, 2.05) is 13.8 Å². The molecule has 0 radical (unpaired) electrons. The Bertz CT molecular complexity index is 1410. The van der Waals surface area contributed by atoms with Crippen molar-refractivity contribution in [1.82, 2.24) is 0 Å². The summed E-state index contributed by atoms with van der Waals surface area (Å²) in [7, 11) is 0. The fraction of sp³-hybridized carbons (Fsp3) is 0.459. The number of aliphatic hydroxyl groups excluding tert-OH is 2. The molecular weight excluding hydrogens is 572 g/mol. The molecule has 0 aliphatic carbocycles. The first-order valence-electron chi connectivity index (χ1n) is 16.0. The summed E-state index contributed by atoms with van der Waals surface area (Å²) in [6.45, 7) is 6.91. The lowest BCUT2D eigenvalue weighted by atomic mass is 10.1. The van der Waals surface area contributed by atoms with Gasteiger partial charge in [-0.1, -0.05) is 74.8 Å². The average Bonchev–Trinajstić information content (AvgIpc) is 2.98. The number of ether oxygens (including phenoxy) is 2. The quantitative estimate of drug-likeness (QED) is 0.0585. The molecule has 0 aliphatic heterocycles. The Labute approximate surface area is 267 Å². The smallest absolute Gasteiger partial charge is 0.311 e. The average molecular weight is 623 g/mol. The summed E-state index contributed by atoms with van der Waals surface area (Å²) >= 11 is 0. The summed E-state index contributed by atoms with van der Waals surface area (Å²) in [5, 5.41) is 29.9. The number of unbranched alkanes of at least 4 members (excludes halogenated alkanes) is 5. The van der Waals surface area contributed by atoms with Gasteiger partial charge < -0.3 is 29.2 Å². The Morgan fingerprint density at radius 1 is 0.956 bits per heavy atom. The van der Waals surface area contributed by atoms with E-state index in [1.54, 1.807) is 6.92 Å². The van der Waals surface area contributed by atoms with Gasteiger partial charge in [0.2, 0.25) is 11.2 Å². The van der Waals surface area contributed by atoms with Crippen LogP contribution in [0.4, 0.5) is 0 Å². The van der Waals surface area contributed by atoms with E-state index in [-0.39, 0.29) is 40.6 Å². The highest BCUT2D eigenvalue weighted by atomic mass is 16.5. The summed E-state index contributed by atoms with van der Waals surface area (Å²) < 4.78 is 17.2. The van der Waals surface area contributed by atoms with Crippen molar-refractivity contribution in [2.75, 3.05) is 6.61 Å². The van der Waals surface area contributed by atoms with Crippen LogP contribution in [0.1, 0.15) is 97.7 Å². The molecule has 1 aromatic carbocycles. The van der Waals surface area contributed by atoms with Crippen LogP contribution in [0.15, 0.2) is 76.0 Å². The summed E-state index contributed by atoms with van der Waals surface area (Å²) in [6.07, 6.45) is 25.0. The highest BCUT2D eigenvalue weighted by molar-refractivity contribution is 5.89. The number of carbonyl (C=O) groups excluding carboxylic acids is 1. The maximum Gasteiger partial charge on any atom is 0.311 e. The van der Waals surface area contributed by atoms with E-state index >= 15 is 0 Å². The molecule has 2 rings (SSSR count). The first-order chi connectivity index (χ1) is 21.7. The summed E-state index contributed by atoms with van der Waals surface area (Å²) in [5.41, 5.74) is -0.491. The summed E-state index contributed by atoms with van der Waals surface area (Å²) in [5.74, 6) is -1.19. The van der Waals surface area contributed by atoms with Gasteiger partial charge in [0.05, 0.1) is 18.8 Å². The molecule has 0 aliphatic rings. The van der Waals surface area contributed by atoms with Gasteiger partial charge in [-0.15, -0.1) is 0 Å². The molecule has 0 bridgehead atoms. The van der Waals surface area contributed by atoms with Crippen molar-refractivity contribution in [3.63, 3.8) is 0 Å². The van der Waals surface area contributed by atoms with Crippen molar-refractivity contribution in [1.29, 1.82) is 0 Å². The van der Waals surface area contributed by atoms with Gasteiger partial charge in [0.15, 0.2) is 5.76 Å². The second-order valence-electron chi connectivity index (χ2n) is 11.1. The molecular formula is C37H50O8. The summed E-state index contributed by atoms with van der Waals surface area (Å²) in [6, 6.07) is 2.78. The number of benzene rings is 1.